The summed E-state index contributed by atoms with van der Waals surface area (Å²) in [5, 5.41) is 0.546. The molecule has 0 atom stereocenters. The molecule has 1 aliphatic heterocycles. The molecule has 0 saturated heterocycles. The van der Waals surface area contributed by atoms with Gasteiger partial charge in [0.1, 0.15) is 11.2 Å². The van der Waals surface area contributed by atoms with Gasteiger partial charge in [-0.3, -0.25) is 0 Å². The summed E-state index contributed by atoms with van der Waals surface area (Å²) in [7, 11) is -3.56. The summed E-state index contributed by atoms with van der Waals surface area (Å²) in [6.07, 6.45) is 7.19. The highest BCUT2D eigenvalue weighted by atomic mass is 35.5. The van der Waals surface area contributed by atoms with Crippen LogP contribution in [0.1, 0.15) is 32.1 Å². The van der Waals surface area contributed by atoms with Gasteiger partial charge in [-0.25, -0.2) is 0 Å². The largest absolute Gasteiger partial charge is 0.327 e. The van der Waals surface area contributed by atoms with E-state index in [1.807, 2.05) is 4.90 Å². The molecule has 0 bridgehead atoms. The van der Waals surface area contributed by atoms with Gasteiger partial charge in [-0.05, 0) is 31.0 Å². The van der Waals surface area contributed by atoms with Crippen LogP contribution in [0.5, 0.6) is 0 Å². The fourth-order valence-electron chi connectivity index (χ4n) is 2.79. The fraction of sp³-hybridized carbons (Fsp3) is 0.462. The lowest BCUT2D eigenvalue weighted by Crippen LogP contribution is -2.38. The van der Waals surface area contributed by atoms with Crippen LogP contribution in [0.2, 0.25) is 5.02 Å². The second-order valence-electron chi connectivity index (χ2n) is 5.01. The number of hydrogen-bond donors (Lipinski definition) is 0. The molecule has 1 aromatic carbocycles. The van der Waals surface area contributed by atoms with Crippen molar-refractivity contribution in [3.63, 3.8) is 0 Å². The first-order valence-corrected chi connectivity index (χ1v) is 8.28. The SMILES string of the molecule is O=S1(=O)N=CN(C2CCCCC2)c2cc(Cl)ccc21. The van der Waals surface area contributed by atoms with Crippen molar-refractivity contribution in [1.82, 2.24) is 0 Å². The third kappa shape index (κ3) is 2.37. The van der Waals surface area contributed by atoms with Gasteiger partial charge >= 0.3 is 0 Å². The molecule has 1 aliphatic carbocycles. The highest BCUT2D eigenvalue weighted by Gasteiger charge is 2.30. The van der Waals surface area contributed by atoms with Gasteiger partial charge < -0.3 is 4.90 Å². The molecular formula is C13H15ClN2O2S. The molecule has 0 aromatic heterocycles. The molecule has 1 heterocycles. The summed E-state index contributed by atoms with van der Waals surface area (Å²) in [6.45, 7) is 0. The van der Waals surface area contributed by atoms with E-state index in [-0.39, 0.29) is 4.90 Å². The van der Waals surface area contributed by atoms with E-state index in [1.165, 1.54) is 25.6 Å². The number of hydrogen-bond acceptors (Lipinski definition) is 3. The van der Waals surface area contributed by atoms with Crippen molar-refractivity contribution in [3.05, 3.63) is 23.2 Å². The molecule has 0 amide bonds. The van der Waals surface area contributed by atoms with Crippen molar-refractivity contribution in [1.29, 1.82) is 0 Å². The maximum Gasteiger partial charge on any atom is 0.285 e. The molecule has 1 fully saturated rings. The predicted octanol–water partition coefficient (Wildman–Crippen LogP) is 3.21. The van der Waals surface area contributed by atoms with Crippen molar-refractivity contribution in [2.45, 2.75) is 43.0 Å². The van der Waals surface area contributed by atoms with E-state index in [1.54, 1.807) is 18.2 Å². The number of nitrogens with zero attached hydrogens (tertiary/aromatic N) is 2. The van der Waals surface area contributed by atoms with Crippen molar-refractivity contribution in [3.8, 4) is 0 Å². The average Bonchev–Trinajstić information content (AvgIpc) is 2.39. The Kier molecular flexibility index (Phi) is 3.27. The predicted molar refractivity (Wildman–Crippen MR) is 76.5 cm³/mol. The van der Waals surface area contributed by atoms with Gasteiger partial charge in [-0.2, -0.15) is 8.42 Å². The van der Waals surface area contributed by atoms with Crippen molar-refractivity contribution in [2.75, 3.05) is 4.90 Å². The van der Waals surface area contributed by atoms with Crippen LogP contribution >= 0.6 is 11.6 Å². The highest BCUT2D eigenvalue weighted by molar-refractivity contribution is 7.90. The minimum absolute atomic E-state index is 0.255. The van der Waals surface area contributed by atoms with Gasteiger partial charge in [-0.15, -0.1) is 4.40 Å². The summed E-state index contributed by atoms with van der Waals surface area (Å²) in [5.74, 6) is 0. The Bertz CT molecular complexity index is 622. The molecule has 1 aromatic rings. The molecule has 4 nitrogen and oxygen atoms in total. The van der Waals surface area contributed by atoms with Gasteiger partial charge in [-0.1, -0.05) is 30.9 Å². The average molecular weight is 299 g/mol. The summed E-state index contributed by atoms with van der Waals surface area (Å²) in [4.78, 5) is 2.23. The number of rotatable bonds is 1. The van der Waals surface area contributed by atoms with Crippen LogP contribution in [0, 0.1) is 0 Å². The molecule has 1 saturated carbocycles. The van der Waals surface area contributed by atoms with E-state index >= 15 is 0 Å². The maximum absolute atomic E-state index is 11.9. The summed E-state index contributed by atoms with van der Waals surface area (Å²) in [5.41, 5.74) is 0.661. The number of fused-ring (bicyclic) bond motifs is 1. The van der Waals surface area contributed by atoms with Crippen molar-refractivity contribution in [2.24, 2.45) is 4.40 Å². The van der Waals surface area contributed by atoms with Gasteiger partial charge in [0.25, 0.3) is 10.0 Å². The zero-order valence-corrected chi connectivity index (χ0v) is 12.0. The molecule has 2 aliphatic rings. The van der Waals surface area contributed by atoms with E-state index in [4.69, 9.17) is 11.6 Å². The smallest absolute Gasteiger partial charge is 0.285 e. The molecule has 102 valence electrons. The molecule has 19 heavy (non-hydrogen) atoms. The van der Waals surface area contributed by atoms with Crippen LogP contribution in [0.25, 0.3) is 0 Å². The Morgan fingerprint density at radius 3 is 2.68 bits per heavy atom. The number of halogens is 1. The normalized spacial score (nSPS) is 22.3. The topological polar surface area (TPSA) is 49.7 Å². The minimum atomic E-state index is -3.56. The van der Waals surface area contributed by atoms with Crippen LogP contribution in [0.3, 0.4) is 0 Å². The summed E-state index contributed by atoms with van der Waals surface area (Å²) >= 11 is 6.01. The molecule has 0 unspecified atom stereocenters. The minimum Gasteiger partial charge on any atom is -0.327 e. The quantitative estimate of drug-likeness (QED) is 0.800. The van der Waals surface area contributed by atoms with Crippen molar-refractivity contribution < 1.29 is 8.42 Å². The second-order valence-corrected chi connectivity index (χ2v) is 7.04. The van der Waals surface area contributed by atoms with Crippen LogP contribution in [-0.2, 0) is 10.0 Å². The molecule has 0 radical (unpaired) electrons. The van der Waals surface area contributed by atoms with E-state index in [0.717, 1.165) is 12.8 Å². The number of benzene rings is 1. The van der Waals surface area contributed by atoms with E-state index < -0.39 is 10.0 Å². The van der Waals surface area contributed by atoms with Crippen molar-refractivity contribution >= 4 is 33.7 Å². The molecule has 6 heteroatoms. The molecule has 0 N–H and O–H groups in total. The van der Waals surface area contributed by atoms with E-state index in [2.05, 4.69) is 4.40 Å². The first-order valence-electron chi connectivity index (χ1n) is 6.46. The monoisotopic (exact) mass is 298 g/mol. The van der Waals surface area contributed by atoms with Gasteiger partial charge in [0.05, 0.1) is 5.69 Å². The standard InChI is InChI=1S/C13H15ClN2O2S/c14-10-6-7-13-12(8-10)16(9-15-19(13,17)18)11-4-2-1-3-5-11/h6-9,11H,1-5H2. The Labute approximate surface area is 118 Å². The first-order chi connectivity index (χ1) is 9.08. The Morgan fingerprint density at radius 1 is 1.21 bits per heavy atom. The Morgan fingerprint density at radius 2 is 1.95 bits per heavy atom. The van der Waals surface area contributed by atoms with Crippen LogP contribution in [0.15, 0.2) is 27.5 Å². The lowest BCUT2D eigenvalue weighted by molar-refractivity contribution is 0.440. The zero-order valence-electron chi connectivity index (χ0n) is 10.4. The zero-order chi connectivity index (χ0) is 13.5. The molecule has 3 rings (SSSR count). The van der Waals surface area contributed by atoms with Crippen LogP contribution in [0.4, 0.5) is 5.69 Å². The lowest BCUT2D eigenvalue weighted by atomic mass is 9.94. The first kappa shape index (κ1) is 12.9. The Balaban J connectivity index is 2.06. The Hall–Kier alpha value is -1.07. The van der Waals surface area contributed by atoms with E-state index in [9.17, 15) is 8.42 Å². The lowest BCUT2D eigenvalue weighted by Gasteiger charge is -2.35. The maximum atomic E-state index is 11.9. The third-order valence-corrected chi connectivity index (χ3v) is 5.26. The summed E-state index contributed by atoms with van der Waals surface area (Å²) in [6, 6.07) is 5.18. The fourth-order valence-corrected chi connectivity index (χ4v) is 3.97. The number of sulfonamides is 1. The number of anilines is 1. The summed E-state index contributed by atoms with van der Waals surface area (Å²) < 4.78 is 27.6. The third-order valence-electron chi connectivity index (χ3n) is 3.76. The van der Waals surface area contributed by atoms with Crippen LogP contribution < -0.4 is 4.90 Å². The van der Waals surface area contributed by atoms with Gasteiger partial charge in [0.15, 0.2) is 0 Å². The van der Waals surface area contributed by atoms with Gasteiger partial charge in [0.2, 0.25) is 0 Å². The van der Waals surface area contributed by atoms with Gasteiger partial charge in [0, 0.05) is 11.1 Å². The highest BCUT2D eigenvalue weighted by Crippen LogP contribution is 2.36. The van der Waals surface area contributed by atoms with E-state index in [0.29, 0.717) is 16.8 Å². The molecule has 0 spiro atoms. The second kappa shape index (κ2) is 4.80. The molecular weight excluding hydrogens is 284 g/mol. The van der Waals surface area contributed by atoms with Crippen LogP contribution in [-0.4, -0.2) is 20.8 Å².